The molecule has 2 amide bonds. The molecule has 2 heterocycles. The maximum absolute atomic E-state index is 13.1. The number of rotatable bonds is 4. The number of esters is 1. The molecule has 0 radical (unpaired) electrons. The number of nitrogens with zero attached hydrogens (tertiary/aromatic N) is 2. The smallest absolute Gasteiger partial charge is 0.357 e. The summed E-state index contributed by atoms with van der Waals surface area (Å²) in [7, 11) is 0. The first-order valence-corrected chi connectivity index (χ1v) is 8.29. The van der Waals surface area contributed by atoms with Gasteiger partial charge in [0.1, 0.15) is 12.2 Å². The molecule has 1 atom stereocenters. The summed E-state index contributed by atoms with van der Waals surface area (Å²) >= 11 is 0. The van der Waals surface area contributed by atoms with Crippen molar-refractivity contribution < 1.29 is 19.1 Å². The second kappa shape index (κ2) is 7.35. The third kappa shape index (κ3) is 3.56. The molecule has 134 valence electrons. The number of anilines is 2. The molecule has 1 aliphatic rings. The SMILES string of the molecule is CC(C)[C@@H](OC(=O)c1ccccn1)C(=O)N1CC(=O)Nc2ccccc21. The van der Waals surface area contributed by atoms with E-state index in [4.69, 9.17) is 4.74 Å². The molecule has 0 aliphatic carbocycles. The highest BCUT2D eigenvalue weighted by Crippen LogP contribution is 2.30. The van der Waals surface area contributed by atoms with E-state index < -0.39 is 18.0 Å². The standard InChI is InChI=1S/C19H19N3O4/c1-12(2)17(26-19(25)14-8-5-6-10-20-14)18(24)22-11-16(23)21-13-7-3-4-9-15(13)22/h3-10,12,17H,11H2,1-2H3,(H,21,23)/t17-/m1/s1. The number of aromatic nitrogens is 1. The van der Waals surface area contributed by atoms with Crippen LogP contribution in [0.15, 0.2) is 48.7 Å². The van der Waals surface area contributed by atoms with E-state index in [1.807, 2.05) is 0 Å². The molecule has 1 aliphatic heterocycles. The zero-order chi connectivity index (χ0) is 18.7. The highest BCUT2D eigenvalue weighted by molar-refractivity contribution is 6.11. The van der Waals surface area contributed by atoms with Crippen LogP contribution in [0.4, 0.5) is 11.4 Å². The van der Waals surface area contributed by atoms with Crippen LogP contribution in [0.25, 0.3) is 0 Å². The molecule has 1 N–H and O–H groups in total. The van der Waals surface area contributed by atoms with Gasteiger partial charge in [0.15, 0.2) is 6.10 Å². The molecule has 0 saturated carbocycles. The lowest BCUT2D eigenvalue weighted by atomic mass is 10.0. The second-order valence-corrected chi connectivity index (χ2v) is 6.27. The lowest BCUT2D eigenvalue weighted by Gasteiger charge is -2.32. The van der Waals surface area contributed by atoms with Crippen LogP contribution in [0.2, 0.25) is 0 Å². The van der Waals surface area contributed by atoms with Gasteiger partial charge in [-0.25, -0.2) is 9.78 Å². The number of pyridine rings is 1. The molecule has 3 rings (SSSR count). The van der Waals surface area contributed by atoms with Crippen molar-refractivity contribution in [2.24, 2.45) is 5.92 Å². The van der Waals surface area contributed by atoms with Gasteiger partial charge in [-0.15, -0.1) is 0 Å². The summed E-state index contributed by atoms with van der Waals surface area (Å²) in [6.07, 6.45) is 0.456. The minimum Gasteiger partial charge on any atom is -0.447 e. The molecule has 1 aromatic heterocycles. The average molecular weight is 353 g/mol. The van der Waals surface area contributed by atoms with Gasteiger partial charge in [-0.1, -0.05) is 32.0 Å². The number of benzene rings is 1. The minimum absolute atomic E-state index is 0.125. The first-order chi connectivity index (χ1) is 12.5. The third-order valence-electron chi connectivity index (χ3n) is 3.99. The second-order valence-electron chi connectivity index (χ2n) is 6.27. The molecule has 0 bridgehead atoms. The van der Waals surface area contributed by atoms with E-state index in [1.54, 1.807) is 50.2 Å². The lowest BCUT2D eigenvalue weighted by molar-refractivity contribution is -0.130. The van der Waals surface area contributed by atoms with E-state index in [2.05, 4.69) is 10.3 Å². The number of hydrogen-bond donors (Lipinski definition) is 1. The van der Waals surface area contributed by atoms with Gasteiger partial charge in [0.25, 0.3) is 5.91 Å². The van der Waals surface area contributed by atoms with Crippen LogP contribution in [0.3, 0.4) is 0 Å². The molecule has 0 unspecified atom stereocenters. The third-order valence-corrected chi connectivity index (χ3v) is 3.99. The number of para-hydroxylation sites is 2. The van der Waals surface area contributed by atoms with Gasteiger partial charge < -0.3 is 10.1 Å². The van der Waals surface area contributed by atoms with Gasteiger partial charge >= 0.3 is 5.97 Å². The summed E-state index contributed by atoms with van der Waals surface area (Å²) in [6.45, 7) is 3.44. The maximum Gasteiger partial charge on any atom is 0.357 e. The van der Waals surface area contributed by atoms with Crippen molar-refractivity contribution >= 4 is 29.2 Å². The summed E-state index contributed by atoms with van der Waals surface area (Å²) in [4.78, 5) is 42.6. The van der Waals surface area contributed by atoms with Crippen LogP contribution in [0, 0.1) is 5.92 Å². The molecule has 7 nitrogen and oxygen atoms in total. The van der Waals surface area contributed by atoms with Crippen LogP contribution < -0.4 is 10.2 Å². The number of hydrogen-bond acceptors (Lipinski definition) is 5. The number of carbonyl (C=O) groups is 3. The molecule has 1 aromatic carbocycles. The molecule has 2 aromatic rings. The monoisotopic (exact) mass is 353 g/mol. The summed E-state index contributed by atoms with van der Waals surface area (Å²) in [5.74, 6) is -1.68. The van der Waals surface area contributed by atoms with E-state index >= 15 is 0 Å². The quantitative estimate of drug-likeness (QED) is 0.852. The van der Waals surface area contributed by atoms with Crippen molar-refractivity contribution in [3.63, 3.8) is 0 Å². The Morgan fingerprint density at radius 3 is 2.58 bits per heavy atom. The molecule has 0 spiro atoms. The van der Waals surface area contributed by atoms with Crippen LogP contribution in [-0.4, -0.2) is 35.4 Å². The van der Waals surface area contributed by atoms with Gasteiger partial charge in [0, 0.05) is 6.20 Å². The number of nitrogens with one attached hydrogen (secondary N) is 1. The Morgan fingerprint density at radius 1 is 1.15 bits per heavy atom. The van der Waals surface area contributed by atoms with Crippen molar-refractivity contribution in [1.29, 1.82) is 0 Å². The van der Waals surface area contributed by atoms with Crippen molar-refractivity contribution in [2.45, 2.75) is 20.0 Å². The average Bonchev–Trinajstić information content (AvgIpc) is 2.65. The highest BCUT2D eigenvalue weighted by Gasteiger charge is 2.35. The summed E-state index contributed by atoms with van der Waals surface area (Å²) < 4.78 is 5.44. The van der Waals surface area contributed by atoms with E-state index in [-0.39, 0.29) is 24.1 Å². The minimum atomic E-state index is -1.02. The topological polar surface area (TPSA) is 88.6 Å². The zero-order valence-corrected chi connectivity index (χ0v) is 14.5. The summed E-state index contributed by atoms with van der Waals surface area (Å²) in [6, 6.07) is 11.9. The summed E-state index contributed by atoms with van der Waals surface area (Å²) in [5.41, 5.74) is 1.26. The van der Waals surface area contributed by atoms with E-state index in [9.17, 15) is 14.4 Å². The van der Waals surface area contributed by atoms with E-state index in [1.165, 1.54) is 17.2 Å². The van der Waals surface area contributed by atoms with Crippen molar-refractivity contribution in [3.8, 4) is 0 Å². The van der Waals surface area contributed by atoms with Gasteiger partial charge in [-0.3, -0.25) is 14.5 Å². The molecule has 26 heavy (non-hydrogen) atoms. The van der Waals surface area contributed by atoms with Crippen LogP contribution in [0.1, 0.15) is 24.3 Å². The first kappa shape index (κ1) is 17.6. The first-order valence-electron chi connectivity index (χ1n) is 8.29. The summed E-state index contributed by atoms with van der Waals surface area (Å²) in [5, 5.41) is 2.73. The van der Waals surface area contributed by atoms with Gasteiger partial charge in [-0.2, -0.15) is 0 Å². The number of fused-ring (bicyclic) bond motifs is 1. The Bertz CT molecular complexity index is 836. The molecule has 0 fully saturated rings. The van der Waals surface area contributed by atoms with Gasteiger partial charge in [0.2, 0.25) is 5.91 Å². The van der Waals surface area contributed by atoms with E-state index in [0.717, 1.165) is 0 Å². The van der Waals surface area contributed by atoms with Gasteiger partial charge in [0.05, 0.1) is 11.4 Å². The van der Waals surface area contributed by atoms with Crippen LogP contribution in [-0.2, 0) is 14.3 Å². The Hall–Kier alpha value is -3.22. The zero-order valence-electron chi connectivity index (χ0n) is 14.5. The molecule has 7 heteroatoms. The largest absolute Gasteiger partial charge is 0.447 e. The van der Waals surface area contributed by atoms with Crippen molar-refractivity contribution in [2.75, 3.05) is 16.8 Å². The van der Waals surface area contributed by atoms with Crippen molar-refractivity contribution in [3.05, 3.63) is 54.4 Å². The Kier molecular flexibility index (Phi) is 4.97. The number of ether oxygens (including phenoxy) is 1. The van der Waals surface area contributed by atoms with Crippen molar-refractivity contribution in [1.82, 2.24) is 4.98 Å². The lowest BCUT2D eigenvalue weighted by Crippen LogP contribution is -2.49. The fourth-order valence-electron chi connectivity index (χ4n) is 2.71. The number of carbonyl (C=O) groups excluding carboxylic acids is 3. The van der Waals surface area contributed by atoms with Crippen LogP contribution in [0.5, 0.6) is 0 Å². The fourth-order valence-corrected chi connectivity index (χ4v) is 2.71. The van der Waals surface area contributed by atoms with Crippen LogP contribution >= 0.6 is 0 Å². The molecular formula is C19H19N3O4. The Morgan fingerprint density at radius 2 is 1.88 bits per heavy atom. The molecule has 0 saturated heterocycles. The predicted octanol–water partition coefficient (Wildman–Crippen LogP) is 2.25. The van der Waals surface area contributed by atoms with E-state index in [0.29, 0.717) is 11.4 Å². The fraction of sp³-hybridized carbons (Fsp3) is 0.263. The maximum atomic E-state index is 13.1. The van der Waals surface area contributed by atoms with Gasteiger partial charge in [-0.05, 0) is 30.2 Å². The predicted molar refractivity (Wildman–Crippen MR) is 95.7 cm³/mol. The Balaban J connectivity index is 1.86. The number of amides is 2. The Labute approximate surface area is 151 Å². The normalized spacial score (nSPS) is 14.4. The highest BCUT2D eigenvalue weighted by atomic mass is 16.5. The molecular weight excluding hydrogens is 334 g/mol.